The predicted octanol–water partition coefficient (Wildman–Crippen LogP) is 2.70. The number of carbonyl (C=O) groups is 2. The quantitative estimate of drug-likeness (QED) is 0.523. The SMILES string of the molecule is C=C(CC(=O)N[C@@H](C)c1ccc(C(F)(F)F)cc1)C(=O)OCCN1CCOCC1. The van der Waals surface area contributed by atoms with Crippen LogP contribution in [-0.2, 0) is 25.2 Å². The van der Waals surface area contributed by atoms with Gasteiger partial charge in [-0.2, -0.15) is 13.2 Å². The summed E-state index contributed by atoms with van der Waals surface area (Å²) in [5.41, 5.74) is -0.220. The maximum absolute atomic E-state index is 12.6. The normalized spacial score (nSPS) is 16.1. The lowest BCUT2D eigenvalue weighted by Gasteiger charge is -2.26. The number of benzene rings is 1. The van der Waals surface area contributed by atoms with Gasteiger partial charge in [0.2, 0.25) is 5.91 Å². The van der Waals surface area contributed by atoms with E-state index in [1.807, 2.05) is 0 Å². The zero-order chi connectivity index (χ0) is 21.4. The molecule has 1 saturated heterocycles. The van der Waals surface area contributed by atoms with Crippen LogP contribution in [0.4, 0.5) is 13.2 Å². The van der Waals surface area contributed by atoms with Gasteiger partial charge in [0.1, 0.15) is 6.61 Å². The van der Waals surface area contributed by atoms with Gasteiger partial charge in [-0.1, -0.05) is 18.7 Å². The average Bonchev–Trinajstić information content (AvgIpc) is 2.68. The molecule has 1 N–H and O–H groups in total. The third kappa shape index (κ3) is 7.51. The van der Waals surface area contributed by atoms with Crippen LogP contribution < -0.4 is 5.32 Å². The standard InChI is InChI=1S/C20H25F3N2O4/c1-14(19(27)29-12-9-25-7-10-28-11-8-25)13-18(26)24-15(2)16-3-5-17(6-4-16)20(21,22)23/h3-6,15H,1,7-13H2,2H3,(H,24,26)/t15-/m0/s1. The zero-order valence-corrected chi connectivity index (χ0v) is 16.3. The number of hydrogen-bond acceptors (Lipinski definition) is 5. The molecule has 1 atom stereocenters. The van der Waals surface area contributed by atoms with Crippen LogP contribution in [-0.4, -0.2) is 56.2 Å². The van der Waals surface area contributed by atoms with Crippen molar-refractivity contribution < 1.29 is 32.2 Å². The average molecular weight is 414 g/mol. The molecule has 0 spiro atoms. The number of carbonyl (C=O) groups excluding carboxylic acids is 2. The first-order chi connectivity index (χ1) is 13.7. The van der Waals surface area contributed by atoms with Gasteiger partial charge in [0.15, 0.2) is 0 Å². The molecule has 160 valence electrons. The fourth-order valence-corrected chi connectivity index (χ4v) is 2.80. The highest BCUT2D eigenvalue weighted by Crippen LogP contribution is 2.29. The minimum absolute atomic E-state index is 0.0177. The van der Waals surface area contributed by atoms with Gasteiger partial charge < -0.3 is 14.8 Å². The Labute approximate surface area is 167 Å². The number of morpholine rings is 1. The van der Waals surface area contributed by atoms with Crippen molar-refractivity contribution >= 4 is 11.9 Å². The molecule has 2 rings (SSSR count). The number of nitrogens with one attached hydrogen (secondary N) is 1. The number of esters is 1. The summed E-state index contributed by atoms with van der Waals surface area (Å²) in [7, 11) is 0. The number of hydrogen-bond donors (Lipinski definition) is 1. The molecule has 0 aliphatic carbocycles. The minimum Gasteiger partial charge on any atom is -0.461 e. The van der Waals surface area contributed by atoms with E-state index in [-0.39, 0.29) is 18.6 Å². The number of rotatable bonds is 8. The van der Waals surface area contributed by atoms with E-state index in [9.17, 15) is 22.8 Å². The largest absolute Gasteiger partial charge is 0.461 e. The maximum atomic E-state index is 12.6. The molecule has 1 fully saturated rings. The van der Waals surface area contributed by atoms with Crippen LogP contribution in [0.25, 0.3) is 0 Å². The zero-order valence-electron chi connectivity index (χ0n) is 16.3. The minimum atomic E-state index is -4.41. The second-order valence-electron chi connectivity index (χ2n) is 6.78. The molecule has 6 nitrogen and oxygen atoms in total. The summed E-state index contributed by atoms with van der Waals surface area (Å²) < 4.78 is 48.2. The van der Waals surface area contributed by atoms with Crippen molar-refractivity contribution in [3.8, 4) is 0 Å². The molecule has 1 aromatic rings. The Morgan fingerprint density at radius 3 is 2.45 bits per heavy atom. The first-order valence-corrected chi connectivity index (χ1v) is 9.28. The summed E-state index contributed by atoms with van der Waals surface area (Å²) in [5, 5.41) is 2.64. The van der Waals surface area contributed by atoms with Crippen molar-refractivity contribution in [1.29, 1.82) is 0 Å². The molecule has 9 heteroatoms. The Balaban J connectivity index is 1.73. The van der Waals surface area contributed by atoms with E-state index < -0.39 is 29.7 Å². The van der Waals surface area contributed by atoms with E-state index >= 15 is 0 Å². The van der Waals surface area contributed by atoms with Gasteiger partial charge in [0.05, 0.1) is 31.2 Å². The van der Waals surface area contributed by atoms with Crippen LogP contribution in [0.1, 0.15) is 30.5 Å². The summed E-state index contributed by atoms with van der Waals surface area (Å²) in [5.74, 6) is -1.11. The molecule has 1 aliphatic rings. The summed E-state index contributed by atoms with van der Waals surface area (Å²) in [6.45, 7) is 8.87. The predicted molar refractivity (Wildman–Crippen MR) is 100.0 cm³/mol. The number of amides is 1. The first kappa shape index (κ1) is 22.9. The molecule has 0 aromatic heterocycles. The van der Waals surface area contributed by atoms with E-state index in [0.717, 1.165) is 25.2 Å². The van der Waals surface area contributed by atoms with Gasteiger partial charge in [-0.05, 0) is 24.6 Å². The fourth-order valence-electron chi connectivity index (χ4n) is 2.80. The smallest absolute Gasteiger partial charge is 0.416 e. The lowest BCUT2D eigenvalue weighted by molar-refractivity contribution is -0.140. The second-order valence-corrected chi connectivity index (χ2v) is 6.78. The third-order valence-corrected chi connectivity index (χ3v) is 4.52. The lowest BCUT2D eigenvalue weighted by Crippen LogP contribution is -2.38. The third-order valence-electron chi connectivity index (χ3n) is 4.52. The van der Waals surface area contributed by atoms with Crippen LogP contribution in [0.5, 0.6) is 0 Å². The van der Waals surface area contributed by atoms with Crippen LogP contribution in [0.15, 0.2) is 36.4 Å². The second kappa shape index (κ2) is 10.4. The molecule has 0 saturated carbocycles. The van der Waals surface area contributed by atoms with E-state index in [0.29, 0.717) is 25.3 Å². The van der Waals surface area contributed by atoms with E-state index in [1.165, 1.54) is 12.1 Å². The lowest BCUT2D eigenvalue weighted by atomic mass is 10.1. The summed E-state index contributed by atoms with van der Waals surface area (Å²) in [4.78, 5) is 26.2. The highest BCUT2D eigenvalue weighted by molar-refractivity contribution is 5.94. The highest BCUT2D eigenvalue weighted by Gasteiger charge is 2.30. The number of nitrogens with zero attached hydrogens (tertiary/aromatic N) is 1. The van der Waals surface area contributed by atoms with Crippen molar-refractivity contribution in [2.45, 2.75) is 25.6 Å². The molecule has 1 aromatic carbocycles. The monoisotopic (exact) mass is 414 g/mol. The molecular formula is C20H25F3N2O4. The van der Waals surface area contributed by atoms with Crippen LogP contribution in [0.2, 0.25) is 0 Å². The topological polar surface area (TPSA) is 67.9 Å². The molecule has 1 aliphatic heterocycles. The summed E-state index contributed by atoms with van der Waals surface area (Å²) in [6, 6.07) is 4.02. The Morgan fingerprint density at radius 1 is 1.24 bits per heavy atom. The Bertz CT molecular complexity index is 713. The summed E-state index contributed by atoms with van der Waals surface area (Å²) >= 11 is 0. The number of halogens is 3. The van der Waals surface area contributed by atoms with Gasteiger partial charge in [0.25, 0.3) is 0 Å². The van der Waals surface area contributed by atoms with E-state index in [2.05, 4.69) is 16.8 Å². The Morgan fingerprint density at radius 2 is 1.86 bits per heavy atom. The van der Waals surface area contributed by atoms with Crippen molar-refractivity contribution in [2.75, 3.05) is 39.5 Å². The van der Waals surface area contributed by atoms with Crippen LogP contribution in [0, 0.1) is 0 Å². The van der Waals surface area contributed by atoms with Crippen LogP contribution >= 0.6 is 0 Å². The first-order valence-electron chi connectivity index (χ1n) is 9.28. The Hall–Kier alpha value is -2.39. The number of ether oxygens (including phenoxy) is 2. The fraction of sp³-hybridized carbons (Fsp3) is 0.500. The van der Waals surface area contributed by atoms with Crippen LogP contribution in [0.3, 0.4) is 0 Å². The molecule has 0 bridgehead atoms. The summed E-state index contributed by atoms with van der Waals surface area (Å²) in [6.07, 6.45) is -4.66. The highest BCUT2D eigenvalue weighted by atomic mass is 19.4. The molecule has 0 radical (unpaired) electrons. The van der Waals surface area contributed by atoms with E-state index in [4.69, 9.17) is 9.47 Å². The van der Waals surface area contributed by atoms with Crippen molar-refractivity contribution in [3.63, 3.8) is 0 Å². The molecule has 1 amide bonds. The molecular weight excluding hydrogens is 389 g/mol. The van der Waals surface area contributed by atoms with Gasteiger partial charge in [0, 0.05) is 25.2 Å². The molecule has 1 heterocycles. The van der Waals surface area contributed by atoms with Gasteiger partial charge in [-0.15, -0.1) is 0 Å². The Kier molecular flexibility index (Phi) is 8.21. The number of alkyl halides is 3. The molecule has 29 heavy (non-hydrogen) atoms. The van der Waals surface area contributed by atoms with E-state index in [1.54, 1.807) is 6.92 Å². The van der Waals surface area contributed by atoms with Crippen molar-refractivity contribution in [2.24, 2.45) is 0 Å². The molecule has 0 unspecified atom stereocenters. The maximum Gasteiger partial charge on any atom is 0.416 e. The van der Waals surface area contributed by atoms with Gasteiger partial charge in [-0.3, -0.25) is 9.69 Å². The van der Waals surface area contributed by atoms with Crippen molar-refractivity contribution in [3.05, 3.63) is 47.5 Å². The van der Waals surface area contributed by atoms with Gasteiger partial charge >= 0.3 is 12.1 Å². The van der Waals surface area contributed by atoms with Gasteiger partial charge in [-0.25, -0.2) is 4.79 Å². The van der Waals surface area contributed by atoms with Crippen molar-refractivity contribution in [1.82, 2.24) is 10.2 Å².